The first-order chi connectivity index (χ1) is 19.7. The second-order valence-electron chi connectivity index (χ2n) is 8.75. The Labute approximate surface area is 238 Å². The van der Waals surface area contributed by atoms with Crippen molar-refractivity contribution in [3.8, 4) is 22.6 Å². The summed E-state index contributed by atoms with van der Waals surface area (Å²) in [7, 11) is 0. The topological polar surface area (TPSA) is 117 Å². The van der Waals surface area contributed by atoms with E-state index in [0.717, 1.165) is 58.3 Å². The van der Waals surface area contributed by atoms with Crippen molar-refractivity contribution in [2.75, 3.05) is 0 Å². The van der Waals surface area contributed by atoms with Crippen LogP contribution in [0.2, 0.25) is 0 Å². The Morgan fingerprint density at radius 3 is 2.52 bits per heavy atom. The van der Waals surface area contributed by atoms with Gasteiger partial charge in [0.2, 0.25) is 5.71 Å². The van der Waals surface area contributed by atoms with Gasteiger partial charge in [-0.15, -0.1) is 22.7 Å². The lowest BCUT2D eigenvalue weighted by molar-refractivity contribution is 0.143. The summed E-state index contributed by atoms with van der Waals surface area (Å²) in [5, 5.41) is 19.3. The third kappa shape index (κ3) is 3.84. The SMILES string of the molecule is N#CC(C#N)=Nc1ccc(-c2cc3c(s2)c2sc4ccccc4c2n3C(=O)OCc2ccccc2)c2nsnc12. The number of carbonyl (C=O) groups excluding carboxylic acids is 1. The summed E-state index contributed by atoms with van der Waals surface area (Å²) < 4.78 is 19.4. The Balaban J connectivity index is 1.40. The number of carbonyl (C=O) groups is 1. The van der Waals surface area contributed by atoms with Crippen molar-refractivity contribution < 1.29 is 9.53 Å². The first-order valence-electron chi connectivity index (χ1n) is 12.0. The Kier molecular flexibility index (Phi) is 5.83. The lowest BCUT2D eigenvalue weighted by atomic mass is 10.1. The molecule has 0 aliphatic heterocycles. The number of aromatic nitrogens is 3. The van der Waals surface area contributed by atoms with E-state index in [9.17, 15) is 4.79 Å². The van der Waals surface area contributed by atoms with Gasteiger partial charge in [0.15, 0.2) is 0 Å². The van der Waals surface area contributed by atoms with Gasteiger partial charge in [-0.25, -0.2) is 14.4 Å². The molecule has 4 aromatic heterocycles. The normalized spacial score (nSPS) is 11.2. The summed E-state index contributed by atoms with van der Waals surface area (Å²) in [5.74, 6) is 0. The molecule has 11 heteroatoms. The average Bonchev–Trinajstić information content (AvgIpc) is 3.77. The summed E-state index contributed by atoms with van der Waals surface area (Å²) in [6.45, 7) is 0.167. The molecule has 0 atom stereocenters. The predicted molar refractivity (Wildman–Crippen MR) is 159 cm³/mol. The van der Waals surface area contributed by atoms with Gasteiger partial charge in [0, 0.05) is 20.5 Å². The molecule has 7 rings (SSSR count). The highest BCUT2D eigenvalue weighted by molar-refractivity contribution is 7.32. The summed E-state index contributed by atoms with van der Waals surface area (Å²) >= 11 is 4.26. The second kappa shape index (κ2) is 9.67. The molecule has 8 nitrogen and oxygen atoms in total. The van der Waals surface area contributed by atoms with Gasteiger partial charge in [-0.05, 0) is 29.8 Å². The van der Waals surface area contributed by atoms with Crippen molar-refractivity contribution >= 4 is 93.4 Å². The third-order valence-electron chi connectivity index (χ3n) is 6.44. The van der Waals surface area contributed by atoms with Gasteiger partial charge < -0.3 is 4.74 Å². The molecular formula is C29H14N6O2S3. The number of hydrogen-bond donors (Lipinski definition) is 0. The molecule has 0 spiro atoms. The van der Waals surface area contributed by atoms with Crippen LogP contribution in [0.15, 0.2) is 77.8 Å². The highest BCUT2D eigenvalue weighted by atomic mass is 32.1. The van der Waals surface area contributed by atoms with Crippen molar-refractivity contribution in [3.63, 3.8) is 0 Å². The Hall–Kier alpha value is -4.94. The molecule has 0 saturated heterocycles. The summed E-state index contributed by atoms with van der Waals surface area (Å²) in [4.78, 5) is 18.7. The Bertz CT molecular complexity index is 2210. The molecule has 0 bridgehead atoms. The highest BCUT2D eigenvalue weighted by Crippen LogP contribution is 2.47. The predicted octanol–water partition coefficient (Wildman–Crippen LogP) is 8.05. The van der Waals surface area contributed by atoms with Crippen LogP contribution >= 0.6 is 34.4 Å². The van der Waals surface area contributed by atoms with E-state index in [1.165, 1.54) is 0 Å². The molecule has 0 unspecified atom stereocenters. The van der Waals surface area contributed by atoms with E-state index in [4.69, 9.17) is 15.3 Å². The van der Waals surface area contributed by atoms with E-state index in [-0.39, 0.29) is 12.3 Å². The van der Waals surface area contributed by atoms with Crippen LogP contribution in [0.4, 0.5) is 10.5 Å². The van der Waals surface area contributed by atoms with Gasteiger partial charge in [0.05, 0.1) is 37.8 Å². The third-order valence-corrected chi connectivity index (χ3v) is 9.45. The molecule has 0 aliphatic rings. The van der Waals surface area contributed by atoms with Crippen molar-refractivity contribution in [1.82, 2.24) is 13.3 Å². The maximum Gasteiger partial charge on any atom is 0.419 e. The molecule has 0 N–H and O–H groups in total. The number of ether oxygens (including phenoxy) is 1. The highest BCUT2D eigenvalue weighted by Gasteiger charge is 2.25. The van der Waals surface area contributed by atoms with Crippen LogP contribution in [-0.4, -0.2) is 25.1 Å². The smallest absolute Gasteiger partial charge is 0.419 e. The number of hydrogen-bond acceptors (Lipinski definition) is 10. The fourth-order valence-electron chi connectivity index (χ4n) is 4.68. The van der Waals surface area contributed by atoms with E-state index in [0.29, 0.717) is 16.7 Å². The number of nitrogens with zero attached hydrogens (tertiary/aromatic N) is 6. The van der Waals surface area contributed by atoms with Crippen LogP contribution in [0.1, 0.15) is 5.56 Å². The van der Waals surface area contributed by atoms with Gasteiger partial charge in [-0.3, -0.25) is 0 Å². The van der Waals surface area contributed by atoms with E-state index in [1.54, 1.807) is 45.4 Å². The van der Waals surface area contributed by atoms with Gasteiger partial charge in [0.25, 0.3) is 0 Å². The van der Waals surface area contributed by atoms with Crippen LogP contribution in [0.25, 0.3) is 52.0 Å². The largest absolute Gasteiger partial charge is 0.444 e. The van der Waals surface area contributed by atoms with E-state index in [2.05, 4.69) is 19.8 Å². The molecular weight excluding hydrogens is 561 g/mol. The van der Waals surface area contributed by atoms with Gasteiger partial charge in [-0.1, -0.05) is 48.5 Å². The minimum atomic E-state index is -0.442. The average molecular weight is 575 g/mol. The van der Waals surface area contributed by atoms with Crippen LogP contribution in [-0.2, 0) is 11.3 Å². The summed E-state index contributed by atoms with van der Waals surface area (Å²) in [5.41, 5.74) is 4.65. The quantitative estimate of drug-likeness (QED) is 0.196. The number of rotatable bonds is 4. The first-order valence-corrected chi connectivity index (χ1v) is 14.3. The minimum absolute atomic E-state index is 0.167. The van der Waals surface area contributed by atoms with Crippen LogP contribution < -0.4 is 0 Å². The fraction of sp³-hybridized carbons (Fsp3) is 0.0345. The standard InChI is InChI=1S/C29H14N6O2S3/c30-13-17(14-31)32-20-11-10-18(24-25(20)34-40-33-24)23-12-21-27(39-23)28-26(19-8-4-5-9-22(19)38-28)35(21)29(36)37-15-16-6-2-1-3-7-16/h1-12H,15H2. The van der Waals surface area contributed by atoms with Crippen molar-refractivity contribution in [1.29, 1.82) is 10.5 Å². The number of thiophene rings is 2. The first kappa shape index (κ1) is 24.1. The summed E-state index contributed by atoms with van der Waals surface area (Å²) in [6, 6.07) is 26.8. The monoisotopic (exact) mass is 574 g/mol. The zero-order valence-electron chi connectivity index (χ0n) is 20.4. The molecule has 0 amide bonds. The zero-order chi connectivity index (χ0) is 27.2. The molecule has 0 fully saturated rings. The van der Waals surface area contributed by atoms with Crippen LogP contribution in [0.3, 0.4) is 0 Å². The van der Waals surface area contributed by atoms with Gasteiger partial charge in [-0.2, -0.15) is 19.3 Å². The fourth-order valence-corrected chi connectivity index (χ4v) is 7.75. The Morgan fingerprint density at radius 1 is 0.925 bits per heavy atom. The molecule has 40 heavy (non-hydrogen) atoms. The van der Waals surface area contributed by atoms with E-state index >= 15 is 0 Å². The number of aliphatic imine (C=N–C) groups is 1. The van der Waals surface area contributed by atoms with Crippen molar-refractivity contribution in [2.45, 2.75) is 6.61 Å². The molecule has 4 heterocycles. The molecule has 7 aromatic rings. The Morgan fingerprint density at radius 2 is 1.70 bits per heavy atom. The zero-order valence-corrected chi connectivity index (χ0v) is 22.8. The van der Waals surface area contributed by atoms with E-state index < -0.39 is 6.09 Å². The lowest BCUT2D eigenvalue weighted by Crippen LogP contribution is -2.13. The maximum absolute atomic E-state index is 13.6. The number of nitriles is 2. The minimum Gasteiger partial charge on any atom is -0.444 e. The van der Waals surface area contributed by atoms with Gasteiger partial charge >= 0.3 is 6.09 Å². The van der Waals surface area contributed by atoms with E-state index in [1.807, 2.05) is 60.7 Å². The van der Waals surface area contributed by atoms with Crippen LogP contribution in [0.5, 0.6) is 0 Å². The van der Waals surface area contributed by atoms with Crippen molar-refractivity contribution in [2.24, 2.45) is 4.99 Å². The second-order valence-corrected chi connectivity index (χ2v) is 11.4. The number of benzene rings is 3. The molecule has 0 saturated carbocycles. The molecule has 0 aliphatic carbocycles. The van der Waals surface area contributed by atoms with Crippen LogP contribution in [0, 0.1) is 22.7 Å². The maximum atomic E-state index is 13.6. The molecule has 190 valence electrons. The van der Waals surface area contributed by atoms with Gasteiger partial charge in [0.1, 0.15) is 29.8 Å². The molecule has 3 aromatic carbocycles. The lowest BCUT2D eigenvalue weighted by Gasteiger charge is -2.08. The number of fused-ring (bicyclic) bond motifs is 6. The summed E-state index contributed by atoms with van der Waals surface area (Å²) in [6.07, 6.45) is -0.442. The van der Waals surface area contributed by atoms with Crippen molar-refractivity contribution in [3.05, 3.63) is 78.4 Å². The molecule has 0 radical (unpaired) electrons.